The number of carbonyl (C=O) groups excluding carboxylic acids is 1. The van der Waals surface area contributed by atoms with Gasteiger partial charge in [0.15, 0.2) is 0 Å². The number of rotatable bonds is 4. The molecule has 0 radical (unpaired) electrons. The first-order valence-corrected chi connectivity index (χ1v) is 9.74. The van der Waals surface area contributed by atoms with E-state index < -0.39 is 15.8 Å². The van der Waals surface area contributed by atoms with Crippen molar-refractivity contribution in [2.75, 3.05) is 26.2 Å². The van der Waals surface area contributed by atoms with E-state index in [4.69, 9.17) is 0 Å². The Labute approximate surface area is 152 Å². The zero-order valence-electron chi connectivity index (χ0n) is 14.1. The average Bonchev–Trinajstić information content (AvgIpc) is 2.67. The summed E-state index contributed by atoms with van der Waals surface area (Å²) in [6.45, 7) is 1.20. The van der Waals surface area contributed by atoms with Crippen LogP contribution in [0.3, 0.4) is 0 Å². The van der Waals surface area contributed by atoms with Crippen LogP contribution in [0.15, 0.2) is 59.5 Å². The van der Waals surface area contributed by atoms with Crippen LogP contribution in [0.2, 0.25) is 0 Å². The molecule has 2 aromatic carbocycles. The van der Waals surface area contributed by atoms with Crippen molar-refractivity contribution in [1.82, 2.24) is 14.5 Å². The molecule has 1 saturated heterocycles. The summed E-state index contributed by atoms with van der Waals surface area (Å²) in [7, 11) is -3.90. The van der Waals surface area contributed by atoms with E-state index in [1.54, 1.807) is 4.90 Å². The summed E-state index contributed by atoms with van der Waals surface area (Å²) in [5.74, 6) is -0.768. The second-order valence-electron chi connectivity index (χ2n) is 5.97. The lowest BCUT2D eigenvalue weighted by Gasteiger charge is -2.34. The highest BCUT2D eigenvalue weighted by molar-refractivity contribution is 7.89. The van der Waals surface area contributed by atoms with Crippen LogP contribution in [0.5, 0.6) is 0 Å². The average molecular weight is 377 g/mol. The van der Waals surface area contributed by atoms with Crippen LogP contribution in [0.25, 0.3) is 0 Å². The van der Waals surface area contributed by atoms with E-state index in [9.17, 15) is 17.6 Å². The van der Waals surface area contributed by atoms with Gasteiger partial charge in [-0.3, -0.25) is 0 Å². The van der Waals surface area contributed by atoms with E-state index in [0.29, 0.717) is 6.54 Å². The smallest absolute Gasteiger partial charge is 0.317 e. The molecule has 0 unspecified atom stereocenters. The van der Waals surface area contributed by atoms with Crippen LogP contribution in [0.1, 0.15) is 5.56 Å². The first-order chi connectivity index (χ1) is 12.5. The van der Waals surface area contributed by atoms with Gasteiger partial charge in [0.1, 0.15) is 10.7 Å². The lowest BCUT2D eigenvalue weighted by Crippen LogP contribution is -2.53. The van der Waals surface area contributed by atoms with Crippen molar-refractivity contribution in [3.8, 4) is 0 Å². The lowest BCUT2D eigenvalue weighted by atomic mass is 10.2. The zero-order valence-corrected chi connectivity index (χ0v) is 15.0. The van der Waals surface area contributed by atoms with Crippen molar-refractivity contribution >= 4 is 16.1 Å². The van der Waals surface area contributed by atoms with Gasteiger partial charge >= 0.3 is 6.03 Å². The quantitative estimate of drug-likeness (QED) is 0.887. The number of benzene rings is 2. The lowest BCUT2D eigenvalue weighted by molar-refractivity contribution is 0.172. The highest BCUT2D eigenvalue weighted by Gasteiger charge is 2.31. The van der Waals surface area contributed by atoms with Gasteiger partial charge in [0.05, 0.1) is 0 Å². The standard InChI is InChI=1S/C18H20FN3O3S/c19-16-8-4-5-9-17(16)26(24,25)22-12-10-21(11-13-22)18(23)20-14-15-6-2-1-3-7-15/h1-9H,10-14H2,(H,20,23). The predicted octanol–water partition coefficient (Wildman–Crippen LogP) is 2.04. The summed E-state index contributed by atoms with van der Waals surface area (Å²) in [6, 6.07) is 14.6. The van der Waals surface area contributed by atoms with Crippen molar-refractivity contribution in [2.45, 2.75) is 11.4 Å². The molecule has 0 saturated carbocycles. The topological polar surface area (TPSA) is 69.7 Å². The normalized spacial score (nSPS) is 15.7. The third-order valence-corrected chi connectivity index (χ3v) is 6.20. The van der Waals surface area contributed by atoms with Crippen molar-refractivity contribution in [1.29, 1.82) is 0 Å². The van der Waals surface area contributed by atoms with Gasteiger partial charge in [-0.05, 0) is 17.7 Å². The number of piperazine rings is 1. The summed E-state index contributed by atoms with van der Waals surface area (Å²) >= 11 is 0. The predicted molar refractivity (Wildman–Crippen MR) is 95.4 cm³/mol. The molecule has 1 aliphatic rings. The van der Waals surface area contributed by atoms with Crippen molar-refractivity contribution in [3.63, 3.8) is 0 Å². The molecule has 2 aromatic rings. The monoisotopic (exact) mass is 377 g/mol. The maximum absolute atomic E-state index is 13.8. The molecule has 0 aliphatic carbocycles. The number of hydrogen-bond acceptors (Lipinski definition) is 3. The Bertz CT molecular complexity index is 866. The van der Waals surface area contributed by atoms with Crippen LogP contribution < -0.4 is 5.32 Å². The van der Waals surface area contributed by atoms with Gasteiger partial charge < -0.3 is 10.2 Å². The fourth-order valence-electron chi connectivity index (χ4n) is 2.81. The molecule has 0 bridgehead atoms. The van der Waals surface area contributed by atoms with Gasteiger partial charge in [0, 0.05) is 32.7 Å². The molecule has 1 heterocycles. The first kappa shape index (κ1) is 18.3. The maximum atomic E-state index is 13.8. The third-order valence-electron chi connectivity index (χ3n) is 4.27. The van der Waals surface area contributed by atoms with Gasteiger partial charge in [0.2, 0.25) is 10.0 Å². The second kappa shape index (κ2) is 7.84. The Morgan fingerprint density at radius 3 is 2.23 bits per heavy atom. The fourth-order valence-corrected chi connectivity index (χ4v) is 4.30. The summed E-state index contributed by atoms with van der Waals surface area (Å²) in [5, 5.41) is 2.82. The molecular weight excluding hydrogens is 357 g/mol. The molecule has 138 valence electrons. The number of hydrogen-bond donors (Lipinski definition) is 1. The number of sulfonamides is 1. The molecule has 6 nitrogen and oxygen atoms in total. The minimum absolute atomic E-state index is 0.134. The Kier molecular flexibility index (Phi) is 5.53. The number of urea groups is 1. The molecule has 8 heteroatoms. The zero-order chi connectivity index (χ0) is 18.6. The summed E-state index contributed by atoms with van der Waals surface area (Å²) in [4.78, 5) is 13.5. The Morgan fingerprint density at radius 1 is 0.962 bits per heavy atom. The number of nitrogens with zero attached hydrogens (tertiary/aromatic N) is 2. The molecule has 26 heavy (non-hydrogen) atoms. The number of halogens is 1. The molecule has 0 spiro atoms. The van der Waals surface area contributed by atoms with Crippen LogP contribution in [0, 0.1) is 5.82 Å². The summed E-state index contributed by atoms with van der Waals surface area (Å²) < 4.78 is 40.2. The van der Waals surface area contributed by atoms with Gasteiger partial charge in [-0.15, -0.1) is 0 Å². The van der Waals surface area contributed by atoms with E-state index in [1.165, 1.54) is 22.5 Å². The van der Waals surface area contributed by atoms with E-state index in [-0.39, 0.29) is 37.1 Å². The molecule has 2 amide bonds. The van der Waals surface area contributed by atoms with Crippen LogP contribution in [-0.2, 0) is 16.6 Å². The highest BCUT2D eigenvalue weighted by atomic mass is 32.2. The third kappa shape index (κ3) is 4.03. The Hall–Kier alpha value is -2.45. The van der Waals surface area contributed by atoms with E-state index in [1.807, 2.05) is 30.3 Å². The van der Waals surface area contributed by atoms with E-state index >= 15 is 0 Å². The number of amides is 2. The van der Waals surface area contributed by atoms with Crippen molar-refractivity contribution < 1.29 is 17.6 Å². The van der Waals surface area contributed by atoms with E-state index in [2.05, 4.69) is 5.32 Å². The molecule has 0 atom stereocenters. The molecular formula is C18H20FN3O3S. The largest absolute Gasteiger partial charge is 0.334 e. The van der Waals surface area contributed by atoms with E-state index in [0.717, 1.165) is 11.6 Å². The second-order valence-corrected chi connectivity index (χ2v) is 7.87. The van der Waals surface area contributed by atoms with Crippen molar-refractivity contribution in [3.05, 3.63) is 66.0 Å². The van der Waals surface area contributed by atoms with Gasteiger partial charge in [0.25, 0.3) is 0 Å². The molecule has 1 fully saturated rings. The first-order valence-electron chi connectivity index (χ1n) is 8.30. The molecule has 0 aromatic heterocycles. The maximum Gasteiger partial charge on any atom is 0.317 e. The Balaban J connectivity index is 1.57. The summed E-state index contributed by atoms with van der Waals surface area (Å²) in [6.07, 6.45) is 0. The van der Waals surface area contributed by atoms with Gasteiger partial charge in [-0.25, -0.2) is 17.6 Å². The Morgan fingerprint density at radius 2 is 1.58 bits per heavy atom. The summed E-state index contributed by atoms with van der Waals surface area (Å²) in [5.41, 5.74) is 0.988. The van der Waals surface area contributed by atoms with Crippen LogP contribution >= 0.6 is 0 Å². The fraction of sp³-hybridized carbons (Fsp3) is 0.278. The molecule has 3 rings (SSSR count). The van der Waals surface area contributed by atoms with Gasteiger partial charge in [-0.2, -0.15) is 4.31 Å². The minimum atomic E-state index is -3.90. The van der Waals surface area contributed by atoms with Crippen LogP contribution in [-0.4, -0.2) is 49.8 Å². The number of carbonyl (C=O) groups is 1. The minimum Gasteiger partial charge on any atom is -0.334 e. The SMILES string of the molecule is O=C(NCc1ccccc1)N1CCN(S(=O)(=O)c2ccccc2F)CC1. The van der Waals surface area contributed by atoms with Crippen molar-refractivity contribution in [2.24, 2.45) is 0 Å². The molecule has 1 N–H and O–H groups in total. The highest BCUT2D eigenvalue weighted by Crippen LogP contribution is 2.20. The van der Waals surface area contributed by atoms with Crippen LogP contribution in [0.4, 0.5) is 9.18 Å². The van der Waals surface area contributed by atoms with Gasteiger partial charge in [-0.1, -0.05) is 42.5 Å². The molecule has 1 aliphatic heterocycles. The number of nitrogens with one attached hydrogen (secondary N) is 1.